The van der Waals surface area contributed by atoms with Gasteiger partial charge >= 0.3 is 5.97 Å². The molecule has 36 heavy (non-hydrogen) atoms. The predicted octanol–water partition coefficient (Wildman–Crippen LogP) is 5.90. The van der Waals surface area contributed by atoms with E-state index in [1.807, 2.05) is 13.0 Å². The van der Waals surface area contributed by atoms with Crippen molar-refractivity contribution in [3.8, 4) is 17.6 Å². The van der Waals surface area contributed by atoms with E-state index in [1.165, 1.54) is 49.6 Å². The number of nitrogens with zero attached hydrogens (tertiary/aromatic N) is 1. The van der Waals surface area contributed by atoms with Crippen molar-refractivity contribution in [2.75, 3.05) is 19.0 Å². The van der Waals surface area contributed by atoms with Gasteiger partial charge in [-0.25, -0.2) is 9.18 Å². The van der Waals surface area contributed by atoms with E-state index in [9.17, 15) is 19.2 Å². The van der Waals surface area contributed by atoms with Gasteiger partial charge in [-0.05, 0) is 72.7 Å². The molecule has 0 atom stereocenters. The average Bonchev–Trinajstić information content (AvgIpc) is 2.87. The average molecular weight is 553 g/mol. The molecule has 0 saturated heterocycles. The lowest BCUT2D eigenvalue weighted by molar-refractivity contribution is -0.112. The van der Waals surface area contributed by atoms with Crippen LogP contribution in [-0.4, -0.2) is 25.6 Å². The fourth-order valence-electron chi connectivity index (χ4n) is 3.14. The first-order chi connectivity index (χ1) is 17.3. The minimum atomic E-state index is -0.625. The fraction of sp³-hybridized carbons (Fsp3) is 0.148. The van der Waals surface area contributed by atoms with Gasteiger partial charge < -0.3 is 19.5 Å². The summed E-state index contributed by atoms with van der Waals surface area (Å²) in [7, 11) is 1.28. The molecular formula is C27H22BrFN2O5. The number of methoxy groups -OCH3 is 1. The lowest BCUT2D eigenvalue weighted by atomic mass is 10.1. The van der Waals surface area contributed by atoms with Crippen molar-refractivity contribution >= 4 is 39.6 Å². The predicted molar refractivity (Wildman–Crippen MR) is 136 cm³/mol. The lowest BCUT2D eigenvalue weighted by Crippen LogP contribution is -2.13. The third-order valence-electron chi connectivity index (χ3n) is 4.88. The van der Waals surface area contributed by atoms with Crippen LogP contribution in [0, 0.1) is 17.1 Å². The number of nitriles is 1. The highest BCUT2D eigenvalue weighted by Gasteiger charge is 2.15. The Kier molecular flexibility index (Phi) is 9.19. The van der Waals surface area contributed by atoms with Crippen LogP contribution in [0.3, 0.4) is 0 Å². The van der Waals surface area contributed by atoms with Crippen molar-refractivity contribution in [2.24, 2.45) is 0 Å². The Hall–Kier alpha value is -4.16. The Morgan fingerprint density at radius 2 is 1.81 bits per heavy atom. The molecule has 0 radical (unpaired) electrons. The number of nitrogens with one attached hydrogen (secondary N) is 1. The van der Waals surface area contributed by atoms with Gasteiger partial charge in [-0.3, -0.25) is 4.79 Å². The normalized spacial score (nSPS) is 10.8. The number of benzene rings is 3. The Balaban J connectivity index is 1.81. The van der Waals surface area contributed by atoms with Crippen molar-refractivity contribution < 1.29 is 28.2 Å². The van der Waals surface area contributed by atoms with Gasteiger partial charge in [-0.1, -0.05) is 28.1 Å². The molecule has 0 bridgehead atoms. The summed E-state index contributed by atoms with van der Waals surface area (Å²) in [5.41, 5.74) is 1.76. The van der Waals surface area contributed by atoms with Gasteiger partial charge in [0.15, 0.2) is 11.5 Å². The maximum Gasteiger partial charge on any atom is 0.337 e. The van der Waals surface area contributed by atoms with Crippen LogP contribution in [0.2, 0.25) is 0 Å². The second kappa shape index (κ2) is 12.5. The van der Waals surface area contributed by atoms with Gasteiger partial charge in [-0.2, -0.15) is 5.26 Å². The lowest BCUT2D eigenvalue weighted by Gasteiger charge is -2.14. The zero-order chi connectivity index (χ0) is 26.1. The van der Waals surface area contributed by atoms with Crippen LogP contribution in [0.5, 0.6) is 11.5 Å². The molecule has 0 aliphatic carbocycles. The summed E-state index contributed by atoms with van der Waals surface area (Å²) in [6, 6.07) is 17.4. The molecule has 3 rings (SSSR count). The van der Waals surface area contributed by atoms with Crippen molar-refractivity contribution in [1.82, 2.24) is 0 Å². The summed E-state index contributed by atoms with van der Waals surface area (Å²) < 4.78 is 30.2. The quantitative estimate of drug-likeness (QED) is 0.201. The number of halogens is 2. The summed E-state index contributed by atoms with van der Waals surface area (Å²) in [4.78, 5) is 24.3. The molecule has 9 heteroatoms. The minimum Gasteiger partial charge on any atom is -0.490 e. The number of anilines is 1. The topological polar surface area (TPSA) is 97.7 Å². The minimum absolute atomic E-state index is 0.125. The van der Waals surface area contributed by atoms with Crippen LogP contribution < -0.4 is 14.8 Å². The molecule has 1 N–H and O–H groups in total. The maximum absolute atomic E-state index is 13.5. The van der Waals surface area contributed by atoms with Crippen LogP contribution in [0.4, 0.5) is 10.1 Å². The Morgan fingerprint density at radius 3 is 2.44 bits per heavy atom. The van der Waals surface area contributed by atoms with Gasteiger partial charge in [-0.15, -0.1) is 0 Å². The summed E-state index contributed by atoms with van der Waals surface area (Å²) in [5, 5.41) is 12.2. The molecule has 0 unspecified atom stereocenters. The highest BCUT2D eigenvalue weighted by Crippen LogP contribution is 2.35. The number of rotatable bonds is 9. The van der Waals surface area contributed by atoms with Crippen molar-refractivity contribution in [3.63, 3.8) is 0 Å². The summed E-state index contributed by atoms with van der Waals surface area (Å²) >= 11 is 3.45. The molecule has 0 aromatic heterocycles. The summed E-state index contributed by atoms with van der Waals surface area (Å²) in [6.45, 7) is 2.29. The van der Waals surface area contributed by atoms with E-state index in [-0.39, 0.29) is 18.0 Å². The van der Waals surface area contributed by atoms with Crippen LogP contribution in [0.25, 0.3) is 6.08 Å². The van der Waals surface area contributed by atoms with Crippen molar-refractivity contribution in [1.29, 1.82) is 5.26 Å². The number of carbonyl (C=O) groups is 2. The number of ether oxygens (including phenoxy) is 3. The van der Waals surface area contributed by atoms with Gasteiger partial charge in [0, 0.05) is 10.2 Å². The van der Waals surface area contributed by atoms with Gasteiger partial charge in [0.05, 0.1) is 19.3 Å². The summed E-state index contributed by atoms with van der Waals surface area (Å²) in [5.74, 6) is -0.661. The summed E-state index contributed by atoms with van der Waals surface area (Å²) in [6.07, 6.45) is 1.42. The SMILES string of the molecule is CCOc1cc(/C=C(\C#N)C(=O)Nc2ccc(C(=O)OC)cc2)c(Br)cc1OCc1cccc(F)c1. The standard InChI is InChI=1S/C27H22BrFN2O5/c1-3-35-24-13-19(23(28)14-25(24)36-16-17-5-4-6-21(29)11-17)12-20(15-30)26(32)31-22-9-7-18(8-10-22)27(33)34-2/h4-14H,3,16H2,1-2H3,(H,31,32)/b20-12+. The molecule has 0 heterocycles. The van der Waals surface area contributed by atoms with Gasteiger partial charge in [0.25, 0.3) is 5.91 Å². The molecular weight excluding hydrogens is 531 g/mol. The number of amides is 1. The van der Waals surface area contributed by atoms with Gasteiger partial charge in [0.2, 0.25) is 0 Å². The molecule has 7 nitrogen and oxygen atoms in total. The molecule has 184 valence electrons. The third kappa shape index (κ3) is 6.93. The highest BCUT2D eigenvalue weighted by molar-refractivity contribution is 9.10. The van der Waals surface area contributed by atoms with E-state index in [4.69, 9.17) is 9.47 Å². The third-order valence-corrected chi connectivity index (χ3v) is 5.56. The van der Waals surface area contributed by atoms with E-state index in [0.717, 1.165) is 0 Å². The maximum atomic E-state index is 13.5. The highest BCUT2D eigenvalue weighted by atomic mass is 79.9. The molecule has 0 aliphatic rings. The zero-order valence-corrected chi connectivity index (χ0v) is 21.1. The smallest absolute Gasteiger partial charge is 0.337 e. The molecule has 3 aromatic carbocycles. The van der Waals surface area contributed by atoms with E-state index < -0.39 is 11.9 Å². The molecule has 1 amide bonds. The van der Waals surface area contributed by atoms with Crippen LogP contribution in [0.1, 0.15) is 28.4 Å². The fourth-order valence-corrected chi connectivity index (χ4v) is 3.58. The Labute approximate surface area is 216 Å². The van der Waals surface area contributed by atoms with E-state index in [1.54, 1.807) is 24.3 Å². The monoisotopic (exact) mass is 552 g/mol. The van der Waals surface area contributed by atoms with Gasteiger partial charge in [0.1, 0.15) is 24.1 Å². The number of hydrogen-bond donors (Lipinski definition) is 1. The van der Waals surface area contributed by atoms with Crippen molar-refractivity contribution in [2.45, 2.75) is 13.5 Å². The van der Waals surface area contributed by atoms with Crippen molar-refractivity contribution in [3.05, 3.63) is 93.2 Å². The largest absolute Gasteiger partial charge is 0.490 e. The first-order valence-corrected chi connectivity index (χ1v) is 11.6. The Bertz CT molecular complexity index is 1330. The Morgan fingerprint density at radius 1 is 1.08 bits per heavy atom. The molecule has 3 aromatic rings. The molecule has 0 fully saturated rings. The first kappa shape index (κ1) is 26.4. The zero-order valence-electron chi connectivity index (χ0n) is 19.5. The van der Waals surface area contributed by atoms with Crippen LogP contribution in [0.15, 0.2) is 70.7 Å². The van der Waals surface area contributed by atoms with Crippen LogP contribution >= 0.6 is 15.9 Å². The molecule has 0 saturated carbocycles. The number of carbonyl (C=O) groups excluding carboxylic acids is 2. The molecule has 0 aliphatic heterocycles. The number of hydrogen-bond acceptors (Lipinski definition) is 6. The van der Waals surface area contributed by atoms with E-state index >= 15 is 0 Å². The molecule has 0 spiro atoms. The second-order valence-corrected chi connectivity index (χ2v) is 8.22. The number of esters is 1. The second-order valence-electron chi connectivity index (χ2n) is 7.36. The van der Waals surface area contributed by atoms with E-state index in [0.29, 0.717) is 45.0 Å². The van der Waals surface area contributed by atoms with Crippen LogP contribution in [-0.2, 0) is 16.1 Å². The first-order valence-electron chi connectivity index (χ1n) is 10.8. The van der Waals surface area contributed by atoms with E-state index in [2.05, 4.69) is 26.0 Å².